The predicted octanol–water partition coefficient (Wildman–Crippen LogP) is 3.41. The number of nitrogens with one attached hydrogen (secondary N) is 1. The van der Waals surface area contributed by atoms with Gasteiger partial charge in [0.15, 0.2) is 0 Å². The first-order chi connectivity index (χ1) is 17.1. The summed E-state index contributed by atoms with van der Waals surface area (Å²) in [7, 11) is 0. The molecule has 36 heavy (non-hydrogen) atoms. The maximum Gasteiger partial charge on any atom is 0.522 e. The summed E-state index contributed by atoms with van der Waals surface area (Å²) < 4.78 is 55.4. The fourth-order valence-electron chi connectivity index (χ4n) is 3.80. The Balaban J connectivity index is 1.34. The van der Waals surface area contributed by atoms with Crippen LogP contribution >= 0.6 is 11.6 Å². The Morgan fingerprint density at radius 3 is 2.81 bits per heavy atom. The number of hydrogen-bond acceptors (Lipinski definition) is 8. The fraction of sp³-hybridized carbons (Fsp3) is 0.429. The van der Waals surface area contributed by atoms with E-state index in [1.807, 2.05) is 0 Å². The molecule has 2 aliphatic rings. The van der Waals surface area contributed by atoms with Crippen molar-refractivity contribution in [2.24, 2.45) is 0 Å². The molecule has 194 valence electrons. The van der Waals surface area contributed by atoms with Crippen LogP contribution in [0.5, 0.6) is 11.8 Å². The lowest BCUT2D eigenvalue weighted by atomic mass is 9.98. The number of carboxylic acid groups (broad SMARTS) is 1. The summed E-state index contributed by atoms with van der Waals surface area (Å²) in [4.78, 5) is 25.7. The highest BCUT2D eigenvalue weighted by Gasteiger charge is 2.37. The van der Waals surface area contributed by atoms with Crippen molar-refractivity contribution >= 4 is 29.7 Å². The minimum Gasteiger partial charge on any atom is -0.488 e. The van der Waals surface area contributed by atoms with Crippen LogP contribution < -0.4 is 14.8 Å². The first-order valence-electron chi connectivity index (χ1n) is 10.7. The number of carbonyl (C=O) groups is 2. The first kappa shape index (κ1) is 25.6. The summed E-state index contributed by atoms with van der Waals surface area (Å²) in [6.07, 6.45) is -4.15. The van der Waals surface area contributed by atoms with Crippen molar-refractivity contribution in [3.05, 3.63) is 40.2 Å². The number of likely N-dealkylation sites (tertiary alicyclic amines) is 1. The normalized spacial score (nSPS) is 19.7. The van der Waals surface area contributed by atoms with Crippen molar-refractivity contribution in [1.82, 2.24) is 20.4 Å². The number of nitrogens with zero attached hydrogens (tertiary/aromatic N) is 3. The van der Waals surface area contributed by atoms with E-state index in [2.05, 4.69) is 20.3 Å². The molecule has 4 rings (SSSR count). The van der Waals surface area contributed by atoms with Gasteiger partial charge in [-0.15, -0.1) is 18.3 Å². The van der Waals surface area contributed by atoms with E-state index >= 15 is 0 Å². The third-order valence-electron chi connectivity index (χ3n) is 5.42. The number of rotatable bonds is 7. The van der Waals surface area contributed by atoms with E-state index in [9.17, 15) is 27.9 Å². The van der Waals surface area contributed by atoms with Gasteiger partial charge < -0.3 is 24.3 Å². The molecular weight excluding hydrogens is 513 g/mol. The van der Waals surface area contributed by atoms with Gasteiger partial charge >= 0.3 is 18.5 Å². The Morgan fingerprint density at radius 1 is 1.25 bits per heavy atom. The zero-order valence-electron chi connectivity index (χ0n) is 18.5. The van der Waals surface area contributed by atoms with Gasteiger partial charge in [0.25, 0.3) is 5.91 Å². The average Bonchev–Trinajstić information content (AvgIpc) is 3.29. The van der Waals surface area contributed by atoms with Crippen LogP contribution in [0, 0.1) is 0 Å². The Kier molecular flexibility index (Phi) is 7.54. The van der Waals surface area contributed by atoms with Gasteiger partial charge in [-0.2, -0.15) is 0 Å². The van der Waals surface area contributed by atoms with Crippen LogP contribution in [0.25, 0.3) is 6.08 Å². The number of ether oxygens (including phenoxy) is 3. The molecule has 3 heterocycles. The molecule has 0 radical (unpaired) electrons. The molecule has 2 N–H and O–H groups in total. The molecule has 1 aromatic heterocycles. The van der Waals surface area contributed by atoms with Crippen LogP contribution in [0.4, 0.5) is 18.0 Å². The molecule has 0 aliphatic carbocycles. The van der Waals surface area contributed by atoms with Crippen molar-refractivity contribution in [2.45, 2.75) is 31.3 Å². The lowest BCUT2D eigenvalue weighted by Crippen LogP contribution is -2.51. The number of carbonyl (C=O) groups excluding carboxylic acids is 1. The molecule has 2 aliphatic heterocycles. The highest BCUT2D eigenvalue weighted by Crippen LogP contribution is 2.32. The summed E-state index contributed by atoms with van der Waals surface area (Å²) in [5.41, 5.74) is 1.08. The number of piperidine rings is 1. The van der Waals surface area contributed by atoms with Crippen molar-refractivity contribution < 1.29 is 46.5 Å². The fourth-order valence-corrected chi connectivity index (χ4v) is 3.97. The molecule has 2 amide bonds. The molecule has 0 saturated carbocycles. The van der Waals surface area contributed by atoms with Crippen molar-refractivity contribution in [2.75, 3.05) is 26.4 Å². The highest BCUT2D eigenvalue weighted by atomic mass is 35.5. The maximum atomic E-state index is 12.8. The molecule has 1 saturated heterocycles. The Bertz CT molecular complexity index is 1160. The molecule has 1 aromatic carbocycles. The highest BCUT2D eigenvalue weighted by molar-refractivity contribution is 6.30. The van der Waals surface area contributed by atoms with Crippen molar-refractivity contribution in [3.63, 3.8) is 0 Å². The number of hydrogen-bond donors (Lipinski definition) is 2. The monoisotopic (exact) mass is 532 g/mol. The summed E-state index contributed by atoms with van der Waals surface area (Å²) in [6.45, 7) is -1.30. The number of amides is 2. The molecule has 0 spiro atoms. The molecule has 0 bridgehead atoms. The van der Waals surface area contributed by atoms with E-state index in [0.29, 0.717) is 28.3 Å². The summed E-state index contributed by atoms with van der Waals surface area (Å²) >= 11 is 5.95. The van der Waals surface area contributed by atoms with Crippen molar-refractivity contribution in [1.29, 1.82) is 0 Å². The molecule has 1 fully saturated rings. The number of halogens is 4. The quantitative estimate of drug-likeness (QED) is 0.514. The van der Waals surface area contributed by atoms with Crippen molar-refractivity contribution in [3.8, 4) is 11.8 Å². The second-order valence-electron chi connectivity index (χ2n) is 7.89. The average molecular weight is 533 g/mol. The van der Waals surface area contributed by atoms with Gasteiger partial charge in [-0.1, -0.05) is 16.7 Å². The van der Waals surface area contributed by atoms with Crippen LogP contribution in [0.15, 0.2) is 28.2 Å². The van der Waals surface area contributed by atoms with Gasteiger partial charge in [0.1, 0.15) is 25.0 Å². The Labute approximate surface area is 206 Å². The standard InChI is InChI=1S/C21H20ClF3N4O7/c22-13-2-1-11-7-12(10-34-16(11)8-13)17(30)26-14-3-4-15(29(9-14)20(31)32)18-27-28-19(36-18)33-5-6-35-21(23,24)25/h1-2,7-8,14-15H,3-6,9-10H2,(H,26,30)(H,31,32)/t14-,15+/m0/s1. The second-order valence-corrected chi connectivity index (χ2v) is 8.32. The lowest BCUT2D eigenvalue weighted by Gasteiger charge is -2.36. The molecule has 0 unspecified atom stereocenters. The van der Waals surface area contributed by atoms with Gasteiger partial charge in [0, 0.05) is 23.2 Å². The Morgan fingerprint density at radius 2 is 2.06 bits per heavy atom. The van der Waals surface area contributed by atoms with Gasteiger partial charge in [-0.05, 0) is 37.1 Å². The molecule has 15 heteroatoms. The summed E-state index contributed by atoms with van der Waals surface area (Å²) in [6, 6.07) is 3.75. The van der Waals surface area contributed by atoms with Gasteiger partial charge in [0.05, 0.1) is 12.2 Å². The van der Waals surface area contributed by atoms with E-state index in [1.165, 1.54) is 0 Å². The minimum atomic E-state index is -4.79. The van der Waals surface area contributed by atoms with Gasteiger partial charge in [-0.3, -0.25) is 14.4 Å². The van der Waals surface area contributed by atoms with Crippen LogP contribution in [0.2, 0.25) is 5.02 Å². The second kappa shape index (κ2) is 10.6. The smallest absolute Gasteiger partial charge is 0.488 e. The topological polar surface area (TPSA) is 136 Å². The van der Waals surface area contributed by atoms with E-state index < -0.39 is 43.8 Å². The zero-order chi connectivity index (χ0) is 25.9. The van der Waals surface area contributed by atoms with Gasteiger partial charge in [0.2, 0.25) is 5.89 Å². The van der Waals surface area contributed by atoms with Crippen LogP contribution in [-0.4, -0.2) is 71.0 Å². The third kappa shape index (κ3) is 6.37. The van der Waals surface area contributed by atoms with Crippen LogP contribution in [0.3, 0.4) is 0 Å². The molecule has 11 nitrogen and oxygen atoms in total. The van der Waals surface area contributed by atoms with E-state index in [4.69, 9.17) is 25.5 Å². The van der Waals surface area contributed by atoms with Crippen LogP contribution in [-0.2, 0) is 9.53 Å². The summed E-state index contributed by atoms with van der Waals surface area (Å²) in [5, 5.41) is 20.4. The summed E-state index contributed by atoms with van der Waals surface area (Å²) in [5.74, 6) is 0.0962. The van der Waals surface area contributed by atoms with E-state index in [0.717, 1.165) is 4.90 Å². The molecule has 2 atom stereocenters. The molecular formula is C21H20ClF3N4O7. The van der Waals surface area contributed by atoms with Gasteiger partial charge in [-0.25, -0.2) is 4.79 Å². The maximum absolute atomic E-state index is 12.8. The zero-order valence-corrected chi connectivity index (χ0v) is 19.2. The van der Waals surface area contributed by atoms with E-state index in [1.54, 1.807) is 24.3 Å². The largest absolute Gasteiger partial charge is 0.522 e. The predicted molar refractivity (Wildman–Crippen MR) is 115 cm³/mol. The first-order valence-corrected chi connectivity index (χ1v) is 11.1. The number of fused-ring (bicyclic) bond motifs is 1. The lowest BCUT2D eigenvalue weighted by molar-refractivity contribution is -0.325. The minimum absolute atomic E-state index is 0.0376. The van der Waals surface area contributed by atoms with Crippen LogP contribution in [0.1, 0.15) is 30.3 Å². The van der Waals surface area contributed by atoms with E-state index in [-0.39, 0.29) is 31.4 Å². The number of benzene rings is 1. The SMILES string of the molecule is O=C(N[C@H]1CC[C@H](c2nnc(OCCOC(F)(F)F)o2)N(C(=O)O)C1)C1=Cc2ccc(Cl)cc2OC1. The Hall–Kier alpha value is -3.52. The molecule has 2 aromatic rings. The number of aromatic nitrogens is 2. The third-order valence-corrected chi connectivity index (χ3v) is 5.66. The number of alkyl halides is 3.